The molecule has 1 aromatic heterocycles. The molecule has 2 aromatic rings. The minimum atomic E-state index is -4.70. The van der Waals surface area contributed by atoms with E-state index in [9.17, 15) is 13.2 Å². The Balaban J connectivity index is 2.53. The average Bonchev–Trinajstić information content (AvgIpc) is 2.57. The van der Waals surface area contributed by atoms with Gasteiger partial charge in [0.05, 0.1) is 6.20 Å². The monoisotopic (exact) mass is 280 g/mol. The lowest BCUT2D eigenvalue weighted by Crippen LogP contribution is -2.17. The zero-order valence-corrected chi connectivity index (χ0v) is 8.69. The minimum absolute atomic E-state index is 0.210. The van der Waals surface area contributed by atoms with Gasteiger partial charge in [-0.15, -0.1) is 13.2 Å². The van der Waals surface area contributed by atoms with Crippen LogP contribution in [-0.2, 0) is 0 Å². The number of aromatic amines is 1. The Bertz CT molecular complexity index is 494. The quantitative estimate of drug-likeness (QED) is 0.871. The lowest BCUT2D eigenvalue weighted by Gasteiger charge is -2.09. The van der Waals surface area contributed by atoms with Gasteiger partial charge in [0.25, 0.3) is 0 Å². The van der Waals surface area contributed by atoms with Gasteiger partial charge in [-0.3, -0.25) is 5.10 Å². The maximum absolute atomic E-state index is 12.0. The molecule has 80 valence electrons. The van der Waals surface area contributed by atoms with Crippen LogP contribution in [0.15, 0.2) is 22.8 Å². The maximum Gasteiger partial charge on any atom is 0.573 e. The molecule has 0 aliphatic heterocycles. The molecule has 0 bridgehead atoms. The molecule has 1 aromatic carbocycles. The summed E-state index contributed by atoms with van der Waals surface area (Å²) in [6.07, 6.45) is -3.28. The molecule has 0 saturated carbocycles. The van der Waals surface area contributed by atoms with Crippen LogP contribution in [0.25, 0.3) is 10.9 Å². The zero-order valence-electron chi connectivity index (χ0n) is 7.10. The van der Waals surface area contributed by atoms with E-state index in [1.807, 2.05) is 0 Å². The number of rotatable bonds is 1. The van der Waals surface area contributed by atoms with Crippen molar-refractivity contribution in [3.63, 3.8) is 0 Å². The molecule has 0 unspecified atom stereocenters. The summed E-state index contributed by atoms with van der Waals surface area (Å²) in [5.41, 5.74) is 0.210. The normalized spacial score (nSPS) is 12.0. The van der Waals surface area contributed by atoms with E-state index in [4.69, 9.17) is 0 Å². The van der Waals surface area contributed by atoms with Crippen LogP contribution in [0.3, 0.4) is 0 Å². The number of alkyl halides is 3. The maximum atomic E-state index is 12.0. The Morgan fingerprint density at radius 2 is 2.07 bits per heavy atom. The molecular formula is C8H4BrF3N2O. The van der Waals surface area contributed by atoms with E-state index in [-0.39, 0.29) is 11.3 Å². The van der Waals surface area contributed by atoms with Crippen LogP contribution < -0.4 is 4.74 Å². The van der Waals surface area contributed by atoms with Gasteiger partial charge < -0.3 is 4.74 Å². The van der Waals surface area contributed by atoms with Crippen molar-refractivity contribution < 1.29 is 17.9 Å². The Labute approximate surface area is 90.4 Å². The highest BCUT2D eigenvalue weighted by molar-refractivity contribution is 9.10. The van der Waals surface area contributed by atoms with Gasteiger partial charge in [0.15, 0.2) is 5.75 Å². The molecule has 0 spiro atoms. The van der Waals surface area contributed by atoms with Crippen LogP contribution in [0.2, 0.25) is 0 Å². The van der Waals surface area contributed by atoms with Gasteiger partial charge in [-0.05, 0) is 12.1 Å². The number of benzene rings is 1. The van der Waals surface area contributed by atoms with E-state index in [0.717, 1.165) is 0 Å². The third-order valence-corrected chi connectivity index (χ3v) is 2.44. The summed E-state index contributed by atoms with van der Waals surface area (Å²) in [5, 5.41) is 6.64. The molecule has 0 aliphatic rings. The fraction of sp³-hybridized carbons (Fsp3) is 0.125. The molecule has 0 aliphatic carbocycles. The summed E-state index contributed by atoms with van der Waals surface area (Å²) in [6, 6.07) is 2.69. The summed E-state index contributed by atoms with van der Waals surface area (Å²) >= 11 is 3.19. The molecule has 1 N–H and O–H groups in total. The molecule has 3 nitrogen and oxygen atoms in total. The molecule has 2 rings (SSSR count). The van der Waals surface area contributed by atoms with E-state index in [1.165, 1.54) is 18.3 Å². The lowest BCUT2D eigenvalue weighted by atomic mass is 10.2. The van der Waals surface area contributed by atoms with E-state index in [1.54, 1.807) is 0 Å². The number of halogens is 4. The van der Waals surface area contributed by atoms with Crippen LogP contribution in [0.5, 0.6) is 5.75 Å². The Kier molecular flexibility index (Phi) is 2.34. The summed E-state index contributed by atoms with van der Waals surface area (Å²) in [6.45, 7) is 0. The van der Waals surface area contributed by atoms with E-state index < -0.39 is 6.36 Å². The number of nitrogens with zero attached hydrogens (tertiary/aromatic N) is 1. The second-order valence-electron chi connectivity index (χ2n) is 2.75. The topological polar surface area (TPSA) is 37.9 Å². The summed E-state index contributed by atoms with van der Waals surface area (Å²) in [5.74, 6) is -0.293. The minimum Gasteiger partial charge on any atom is -0.403 e. The predicted octanol–water partition coefficient (Wildman–Crippen LogP) is 3.22. The van der Waals surface area contributed by atoms with E-state index in [0.29, 0.717) is 9.86 Å². The standard InChI is InChI=1S/C8H4BrF3N2O/c9-5-1-2-6(15-8(10,11)12)7-4(5)3-13-14-7/h1-3H,(H,13,14). The second-order valence-corrected chi connectivity index (χ2v) is 3.61. The molecule has 1 heterocycles. The molecule has 0 radical (unpaired) electrons. The molecule has 0 saturated heterocycles. The number of H-pyrrole nitrogens is 1. The third kappa shape index (κ3) is 2.06. The molecular weight excluding hydrogens is 277 g/mol. The van der Waals surface area contributed by atoms with Crippen molar-refractivity contribution in [3.05, 3.63) is 22.8 Å². The molecule has 7 heteroatoms. The molecule has 0 amide bonds. The number of hydrogen-bond acceptors (Lipinski definition) is 2. The van der Waals surface area contributed by atoms with Gasteiger partial charge in [-0.2, -0.15) is 5.10 Å². The van der Waals surface area contributed by atoms with Crippen molar-refractivity contribution in [1.29, 1.82) is 0 Å². The van der Waals surface area contributed by atoms with Crippen molar-refractivity contribution in [3.8, 4) is 5.75 Å². The molecule has 0 atom stereocenters. The summed E-state index contributed by atoms with van der Waals surface area (Å²) < 4.78 is 40.5. The van der Waals surface area contributed by atoms with Gasteiger partial charge >= 0.3 is 6.36 Å². The van der Waals surface area contributed by atoms with Crippen molar-refractivity contribution >= 4 is 26.8 Å². The zero-order chi connectivity index (χ0) is 11.1. The number of nitrogens with one attached hydrogen (secondary N) is 1. The Morgan fingerprint density at radius 1 is 1.33 bits per heavy atom. The number of aromatic nitrogens is 2. The largest absolute Gasteiger partial charge is 0.573 e. The number of hydrogen-bond donors (Lipinski definition) is 1. The van der Waals surface area contributed by atoms with Crippen molar-refractivity contribution in [2.75, 3.05) is 0 Å². The first-order chi connectivity index (χ1) is 6.97. The van der Waals surface area contributed by atoms with Crippen LogP contribution in [0.4, 0.5) is 13.2 Å². The SMILES string of the molecule is FC(F)(F)Oc1ccc(Br)c2cn[nH]c12. The highest BCUT2D eigenvalue weighted by Crippen LogP contribution is 2.32. The lowest BCUT2D eigenvalue weighted by molar-refractivity contribution is -0.274. The van der Waals surface area contributed by atoms with Crippen molar-refractivity contribution in [1.82, 2.24) is 10.2 Å². The third-order valence-electron chi connectivity index (χ3n) is 1.75. The van der Waals surface area contributed by atoms with Gasteiger partial charge in [0.1, 0.15) is 5.52 Å². The first-order valence-electron chi connectivity index (χ1n) is 3.85. The Hall–Kier alpha value is -1.24. The van der Waals surface area contributed by atoms with Gasteiger partial charge in [-0.25, -0.2) is 0 Å². The Morgan fingerprint density at radius 3 is 2.73 bits per heavy atom. The smallest absolute Gasteiger partial charge is 0.403 e. The number of fused-ring (bicyclic) bond motifs is 1. The van der Waals surface area contributed by atoms with Crippen molar-refractivity contribution in [2.24, 2.45) is 0 Å². The first kappa shape index (κ1) is 10.3. The average molecular weight is 281 g/mol. The highest BCUT2D eigenvalue weighted by Gasteiger charge is 2.32. The van der Waals surface area contributed by atoms with E-state index in [2.05, 4.69) is 30.9 Å². The fourth-order valence-corrected chi connectivity index (χ4v) is 1.62. The van der Waals surface area contributed by atoms with Gasteiger partial charge in [0, 0.05) is 9.86 Å². The predicted molar refractivity (Wildman–Crippen MR) is 50.5 cm³/mol. The van der Waals surface area contributed by atoms with E-state index >= 15 is 0 Å². The van der Waals surface area contributed by atoms with Crippen molar-refractivity contribution in [2.45, 2.75) is 6.36 Å². The second kappa shape index (κ2) is 3.41. The fourth-order valence-electron chi connectivity index (χ4n) is 1.19. The molecule has 0 fully saturated rings. The van der Waals surface area contributed by atoms with Crippen LogP contribution in [0.1, 0.15) is 0 Å². The first-order valence-corrected chi connectivity index (χ1v) is 4.64. The summed E-state index contributed by atoms with van der Waals surface area (Å²) in [7, 11) is 0. The highest BCUT2D eigenvalue weighted by atomic mass is 79.9. The van der Waals surface area contributed by atoms with Crippen LogP contribution in [0, 0.1) is 0 Å². The van der Waals surface area contributed by atoms with Crippen LogP contribution in [-0.4, -0.2) is 16.6 Å². The molecule has 15 heavy (non-hydrogen) atoms. The van der Waals surface area contributed by atoms with Gasteiger partial charge in [0.2, 0.25) is 0 Å². The number of ether oxygens (including phenoxy) is 1. The van der Waals surface area contributed by atoms with Crippen LogP contribution >= 0.6 is 15.9 Å². The van der Waals surface area contributed by atoms with Gasteiger partial charge in [-0.1, -0.05) is 15.9 Å². The summed E-state index contributed by atoms with van der Waals surface area (Å²) in [4.78, 5) is 0.